The van der Waals surface area contributed by atoms with Crippen molar-refractivity contribution in [1.82, 2.24) is 0 Å². The molecule has 18 heteroatoms. The lowest BCUT2D eigenvalue weighted by atomic mass is 9.96. The van der Waals surface area contributed by atoms with Gasteiger partial charge in [0.15, 0.2) is 12.2 Å². The van der Waals surface area contributed by atoms with Crippen LogP contribution in [0, 0.1) is 27.7 Å². The molecule has 0 spiro atoms. The molecule has 2 saturated heterocycles. The number of carbonyl (C=O) groups is 6. The van der Waals surface area contributed by atoms with Gasteiger partial charge in [-0.15, -0.1) is 47.0 Å². The highest BCUT2D eigenvalue weighted by molar-refractivity contribution is 8.21. The van der Waals surface area contributed by atoms with Crippen LogP contribution >= 0.6 is 47.0 Å². The highest BCUT2D eigenvalue weighted by atomic mass is 32.2. The van der Waals surface area contributed by atoms with Crippen molar-refractivity contribution in [1.29, 1.82) is 0 Å². The van der Waals surface area contributed by atoms with Crippen molar-refractivity contribution in [2.24, 2.45) is 0 Å². The predicted molar refractivity (Wildman–Crippen MR) is 214 cm³/mol. The van der Waals surface area contributed by atoms with E-state index >= 15 is 0 Å². The molecule has 2 aliphatic rings. The number of benzene rings is 2. The summed E-state index contributed by atoms with van der Waals surface area (Å²) in [6.07, 6.45) is 0.824. The number of thioether (sulfide) groups is 4. The van der Waals surface area contributed by atoms with Crippen LogP contribution < -0.4 is 9.47 Å². The largest absolute Gasteiger partial charge is 0.489 e. The van der Waals surface area contributed by atoms with E-state index < -0.39 is 48.0 Å². The second kappa shape index (κ2) is 21.9. The molecule has 0 aliphatic carbocycles. The van der Waals surface area contributed by atoms with Crippen molar-refractivity contribution >= 4 is 82.9 Å². The highest BCUT2D eigenvalue weighted by Gasteiger charge is 2.29. The second-order valence-electron chi connectivity index (χ2n) is 12.4. The van der Waals surface area contributed by atoms with Crippen molar-refractivity contribution in [2.75, 3.05) is 49.4 Å². The summed E-state index contributed by atoms with van der Waals surface area (Å²) in [4.78, 5) is 71.4. The lowest BCUT2D eigenvalue weighted by Crippen LogP contribution is -2.32. The zero-order valence-electron chi connectivity index (χ0n) is 31.0. The maximum Gasteiger partial charge on any atom is 0.331 e. The van der Waals surface area contributed by atoms with E-state index in [9.17, 15) is 28.8 Å². The molecule has 2 aromatic rings. The number of aliphatic carboxylic acids is 2. The molecule has 0 radical (unpaired) electrons. The molecule has 2 N–H and O–H groups in total. The lowest BCUT2D eigenvalue weighted by Gasteiger charge is -2.21. The van der Waals surface area contributed by atoms with Crippen molar-refractivity contribution < 1.29 is 67.4 Å². The van der Waals surface area contributed by atoms with Gasteiger partial charge < -0.3 is 38.6 Å². The topological polar surface area (TPSA) is 198 Å². The minimum absolute atomic E-state index is 0.167. The monoisotopic (exact) mass is 850 g/mol. The predicted octanol–water partition coefficient (Wildman–Crippen LogP) is 5.15. The summed E-state index contributed by atoms with van der Waals surface area (Å²) in [7, 11) is 0. The number of rotatable bonds is 19. The van der Waals surface area contributed by atoms with Crippen LogP contribution in [0.2, 0.25) is 0 Å². The first-order valence-electron chi connectivity index (χ1n) is 17.2. The Kier molecular flexibility index (Phi) is 17.4. The summed E-state index contributed by atoms with van der Waals surface area (Å²) in [6.45, 7) is 6.55. The van der Waals surface area contributed by atoms with E-state index in [1.165, 1.54) is 47.0 Å². The zero-order chi connectivity index (χ0) is 40.8. The number of carbonyl (C=O) groups excluding carboxylic acids is 4. The molecule has 0 bridgehead atoms. The van der Waals surface area contributed by atoms with Gasteiger partial charge in [0.2, 0.25) is 0 Å². The van der Waals surface area contributed by atoms with Crippen LogP contribution in [0.5, 0.6) is 11.5 Å². The van der Waals surface area contributed by atoms with Crippen molar-refractivity contribution in [2.45, 2.75) is 49.1 Å². The fourth-order valence-corrected chi connectivity index (χ4v) is 10.6. The van der Waals surface area contributed by atoms with Crippen molar-refractivity contribution in [3.05, 3.63) is 70.8 Å². The van der Waals surface area contributed by atoms with Gasteiger partial charge in [0, 0.05) is 47.3 Å². The van der Waals surface area contributed by atoms with Gasteiger partial charge in [0.25, 0.3) is 0 Å². The summed E-state index contributed by atoms with van der Waals surface area (Å²) in [5.41, 5.74) is 4.83. The molecule has 2 heterocycles. The Balaban J connectivity index is 1.44. The number of aryl methyl sites for hydroxylation is 4. The smallest absolute Gasteiger partial charge is 0.331 e. The SMILES string of the molecule is Cc1cc(-c2cc(C)c(OCC(COC(=O)C3SCCS3)OC(=O)/C=C/C(=O)O)c(C)c2)cc(C)c1OCC(COC(=O)C1SCCS1)OC(=O)/C=C/C(=O)O. The summed E-state index contributed by atoms with van der Waals surface area (Å²) in [6, 6.07) is 7.71. The standard InChI is InChI=1S/C38H42O14S4/c1-21-13-25(14-22(2)33(21)47-17-27(51-31(43)7-5-29(39)40)19-49-35(45)37-53-9-10-54-37)26-15-23(3)34(24(4)16-26)48-18-28(52-32(44)8-6-30(41)42)20-50-36(46)38-55-11-12-56-38/h5-8,13-16,27-28,37-38H,9-12,17-20H2,1-4H3,(H,39,40)(H,41,42)/b7-5+,8-6+. The molecule has 2 fully saturated rings. The van der Waals surface area contributed by atoms with Crippen LogP contribution in [0.25, 0.3) is 11.1 Å². The Labute approximate surface area is 340 Å². The Morgan fingerprint density at radius 3 is 1.20 bits per heavy atom. The molecule has 2 unspecified atom stereocenters. The quantitative estimate of drug-likeness (QED) is 0.107. The molecule has 56 heavy (non-hydrogen) atoms. The van der Waals surface area contributed by atoms with E-state index in [0.717, 1.165) is 68.5 Å². The van der Waals surface area contributed by atoms with Crippen molar-refractivity contribution in [3.8, 4) is 22.6 Å². The average Bonchev–Trinajstić information content (AvgIpc) is 3.89. The molecular weight excluding hydrogens is 809 g/mol. The van der Waals surface area contributed by atoms with Gasteiger partial charge in [-0.1, -0.05) is 0 Å². The van der Waals surface area contributed by atoms with Gasteiger partial charge >= 0.3 is 35.8 Å². The number of hydrogen-bond acceptors (Lipinski definition) is 16. The zero-order valence-corrected chi connectivity index (χ0v) is 34.3. The fourth-order valence-electron chi connectivity index (χ4n) is 5.44. The summed E-state index contributed by atoms with van der Waals surface area (Å²) < 4.78 is 33.1. The molecule has 2 atom stereocenters. The first-order chi connectivity index (χ1) is 26.7. The molecule has 2 aliphatic heterocycles. The maximum atomic E-state index is 12.5. The van der Waals surface area contributed by atoms with Crippen LogP contribution in [-0.2, 0) is 47.7 Å². The van der Waals surface area contributed by atoms with Gasteiger partial charge in [-0.25, -0.2) is 28.8 Å². The summed E-state index contributed by atoms with van der Waals surface area (Å²) >= 11 is 5.89. The summed E-state index contributed by atoms with van der Waals surface area (Å²) in [5.74, 6) is -0.991. The molecule has 0 amide bonds. The third-order valence-electron chi connectivity index (χ3n) is 7.82. The van der Waals surface area contributed by atoms with Gasteiger partial charge in [-0.2, -0.15) is 0 Å². The Hall–Kier alpha value is -4.26. The molecule has 14 nitrogen and oxygen atoms in total. The Bertz CT molecular complexity index is 1650. The minimum atomic E-state index is -1.32. The second-order valence-corrected chi connectivity index (χ2v) is 17.8. The van der Waals surface area contributed by atoms with Gasteiger partial charge in [-0.05, 0) is 85.3 Å². The fraction of sp³-hybridized carbons (Fsp3) is 0.421. The Morgan fingerprint density at radius 1 is 0.571 bits per heavy atom. The van der Waals surface area contributed by atoms with Gasteiger partial charge in [0.1, 0.15) is 47.1 Å². The van der Waals surface area contributed by atoms with E-state index in [0.29, 0.717) is 23.7 Å². The molecule has 0 saturated carbocycles. The third kappa shape index (κ3) is 14.0. The maximum absolute atomic E-state index is 12.5. The van der Waals surface area contributed by atoms with E-state index in [-0.39, 0.29) is 35.6 Å². The summed E-state index contributed by atoms with van der Waals surface area (Å²) in [5, 5.41) is 17.7. The van der Waals surface area contributed by atoms with Crippen LogP contribution in [0.1, 0.15) is 22.3 Å². The van der Waals surface area contributed by atoms with E-state index in [4.69, 9.17) is 38.6 Å². The first kappa shape index (κ1) is 44.5. The van der Waals surface area contributed by atoms with Crippen LogP contribution in [-0.4, -0.2) is 117 Å². The highest BCUT2D eigenvalue weighted by Crippen LogP contribution is 2.36. The molecule has 302 valence electrons. The number of ether oxygens (including phenoxy) is 6. The molecule has 2 aromatic carbocycles. The van der Waals surface area contributed by atoms with E-state index in [1.807, 2.05) is 52.0 Å². The van der Waals surface area contributed by atoms with Crippen molar-refractivity contribution in [3.63, 3.8) is 0 Å². The van der Waals surface area contributed by atoms with Crippen LogP contribution in [0.3, 0.4) is 0 Å². The first-order valence-corrected chi connectivity index (χ1v) is 21.4. The Morgan fingerprint density at radius 2 is 0.893 bits per heavy atom. The van der Waals surface area contributed by atoms with Gasteiger partial charge in [-0.3, -0.25) is 0 Å². The number of hydrogen-bond donors (Lipinski definition) is 2. The lowest BCUT2D eigenvalue weighted by molar-refractivity contribution is -0.156. The third-order valence-corrected chi connectivity index (χ3v) is 13.7. The average molecular weight is 851 g/mol. The molecular formula is C38H42O14S4. The minimum Gasteiger partial charge on any atom is -0.489 e. The number of carboxylic acid groups (broad SMARTS) is 2. The van der Waals surface area contributed by atoms with Crippen LogP contribution in [0.4, 0.5) is 0 Å². The van der Waals surface area contributed by atoms with Gasteiger partial charge in [0.05, 0.1) is 0 Å². The molecule has 0 aromatic heterocycles. The van der Waals surface area contributed by atoms with E-state index in [1.54, 1.807) is 0 Å². The van der Waals surface area contributed by atoms with E-state index in [2.05, 4.69) is 0 Å². The molecule has 4 rings (SSSR count). The normalized spacial score (nSPS) is 15.7. The van der Waals surface area contributed by atoms with Crippen LogP contribution in [0.15, 0.2) is 48.6 Å². The number of esters is 4. The number of carboxylic acids is 2.